The summed E-state index contributed by atoms with van der Waals surface area (Å²) in [5, 5.41) is 3.35. The highest BCUT2D eigenvalue weighted by atomic mass is 16.5. The van der Waals surface area contributed by atoms with Gasteiger partial charge in [-0.3, -0.25) is 9.69 Å². The second kappa shape index (κ2) is 5.32. The van der Waals surface area contributed by atoms with E-state index < -0.39 is 0 Å². The maximum Gasteiger partial charge on any atom is 0.323 e. The van der Waals surface area contributed by atoms with E-state index in [2.05, 4.69) is 17.1 Å². The molecule has 2 atom stereocenters. The molecule has 0 spiro atoms. The zero-order valence-corrected chi connectivity index (χ0v) is 9.25. The van der Waals surface area contributed by atoms with Crippen molar-refractivity contribution in [2.24, 2.45) is 0 Å². The van der Waals surface area contributed by atoms with E-state index in [9.17, 15) is 4.79 Å². The van der Waals surface area contributed by atoms with Crippen molar-refractivity contribution in [3.05, 3.63) is 0 Å². The van der Waals surface area contributed by atoms with Crippen LogP contribution in [0.3, 0.4) is 0 Å². The Morgan fingerprint density at radius 2 is 2.43 bits per heavy atom. The number of hydrogen-bond donors (Lipinski definition) is 1. The quantitative estimate of drug-likeness (QED) is 0.662. The van der Waals surface area contributed by atoms with Crippen molar-refractivity contribution in [2.45, 2.75) is 32.4 Å². The van der Waals surface area contributed by atoms with Gasteiger partial charge in [0.25, 0.3) is 0 Å². The number of methoxy groups -OCH3 is 1. The molecule has 1 unspecified atom stereocenters. The molecular formula is C10H20N2O2. The van der Waals surface area contributed by atoms with E-state index in [1.54, 1.807) is 0 Å². The number of nitrogens with one attached hydrogen (secondary N) is 1. The molecule has 0 aliphatic carbocycles. The molecule has 1 aliphatic rings. The zero-order chi connectivity index (χ0) is 10.6. The minimum Gasteiger partial charge on any atom is -0.468 e. The first-order chi connectivity index (χ1) is 6.69. The summed E-state index contributed by atoms with van der Waals surface area (Å²) in [4.78, 5) is 13.7. The Labute approximate surface area is 85.6 Å². The van der Waals surface area contributed by atoms with Crippen LogP contribution in [0, 0.1) is 0 Å². The number of esters is 1. The van der Waals surface area contributed by atoms with Gasteiger partial charge >= 0.3 is 5.97 Å². The van der Waals surface area contributed by atoms with Gasteiger partial charge in [-0.1, -0.05) is 6.92 Å². The summed E-state index contributed by atoms with van der Waals surface area (Å²) in [5.41, 5.74) is 0. The zero-order valence-electron chi connectivity index (χ0n) is 9.25. The van der Waals surface area contributed by atoms with Crippen molar-refractivity contribution in [1.29, 1.82) is 0 Å². The molecule has 0 aromatic carbocycles. The van der Waals surface area contributed by atoms with E-state index in [0.717, 1.165) is 26.1 Å². The second-order valence-corrected chi connectivity index (χ2v) is 3.80. The van der Waals surface area contributed by atoms with Crippen molar-refractivity contribution < 1.29 is 9.53 Å². The van der Waals surface area contributed by atoms with Gasteiger partial charge in [-0.15, -0.1) is 0 Å². The summed E-state index contributed by atoms with van der Waals surface area (Å²) in [7, 11) is 1.45. The summed E-state index contributed by atoms with van der Waals surface area (Å²) < 4.78 is 4.79. The fraction of sp³-hybridized carbons (Fsp3) is 0.900. The van der Waals surface area contributed by atoms with Gasteiger partial charge in [-0.05, 0) is 13.3 Å². The second-order valence-electron chi connectivity index (χ2n) is 3.80. The maximum atomic E-state index is 11.5. The number of carbonyl (C=O) groups is 1. The van der Waals surface area contributed by atoms with Crippen molar-refractivity contribution >= 4 is 5.97 Å². The first-order valence-corrected chi connectivity index (χ1v) is 5.24. The Bertz CT molecular complexity index is 197. The third-order valence-corrected chi connectivity index (χ3v) is 2.70. The van der Waals surface area contributed by atoms with Crippen LogP contribution in [-0.4, -0.2) is 49.7 Å². The molecule has 4 nitrogen and oxygen atoms in total. The van der Waals surface area contributed by atoms with Gasteiger partial charge in [-0.25, -0.2) is 0 Å². The number of carbonyl (C=O) groups excluding carboxylic acids is 1. The van der Waals surface area contributed by atoms with Crippen LogP contribution in [0.1, 0.15) is 20.3 Å². The molecule has 1 aliphatic heterocycles. The van der Waals surface area contributed by atoms with E-state index in [1.165, 1.54) is 7.11 Å². The van der Waals surface area contributed by atoms with Gasteiger partial charge in [0.15, 0.2) is 0 Å². The minimum atomic E-state index is -0.110. The highest BCUT2D eigenvalue weighted by Gasteiger charge is 2.27. The van der Waals surface area contributed by atoms with Gasteiger partial charge in [0, 0.05) is 25.7 Å². The van der Waals surface area contributed by atoms with E-state index in [1.807, 2.05) is 6.92 Å². The number of ether oxygens (including phenoxy) is 1. The molecule has 0 aromatic heterocycles. The molecule has 1 rings (SSSR count). The molecule has 0 bridgehead atoms. The van der Waals surface area contributed by atoms with Crippen LogP contribution in [-0.2, 0) is 9.53 Å². The van der Waals surface area contributed by atoms with Gasteiger partial charge in [0.1, 0.15) is 6.04 Å². The molecule has 1 saturated heterocycles. The van der Waals surface area contributed by atoms with Gasteiger partial charge in [-0.2, -0.15) is 0 Å². The smallest absolute Gasteiger partial charge is 0.323 e. The third kappa shape index (κ3) is 2.69. The van der Waals surface area contributed by atoms with Crippen LogP contribution in [0.15, 0.2) is 0 Å². The molecule has 82 valence electrons. The number of rotatable bonds is 3. The molecule has 1 fully saturated rings. The molecule has 1 heterocycles. The number of hydrogen-bond acceptors (Lipinski definition) is 4. The maximum absolute atomic E-state index is 11.5. The lowest BCUT2D eigenvalue weighted by atomic mass is 10.1. The fourth-order valence-electron chi connectivity index (χ4n) is 1.96. The van der Waals surface area contributed by atoms with E-state index in [-0.39, 0.29) is 12.0 Å². The van der Waals surface area contributed by atoms with Crippen LogP contribution in [0.4, 0.5) is 0 Å². The standard InChI is InChI=1S/C10H20N2O2/c1-4-9(10(13)14-3)12-6-5-11-8(2)7-12/h8-9,11H,4-7H2,1-3H3/t8-,9?/m1/s1. The predicted molar refractivity (Wildman–Crippen MR) is 55.1 cm³/mol. The molecule has 0 aromatic rings. The van der Waals surface area contributed by atoms with E-state index in [4.69, 9.17) is 4.74 Å². The van der Waals surface area contributed by atoms with Crippen molar-refractivity contribution in [1.82, 2.24) is 10.2 Å². The normalized spacial score (nSPS) is 25.8. The highest BCUT2D eigenvalue weighted by molar-refractivity contribution is 5.75. The van der Waals surface area contributed by atoms with Crippen molar-refractivity contribution in [2.75, 3.05) is 26.7 Å². The Balaban J connectivity index is 2.54. The molecule has 0 amide bonds. The molecular weight excluding hydrogens is 180 g/mol. The lowest BCUT2D eigenvalue weighted by Gasteiger charge is -2.35. The van der Waals surface area contributed by atoms with Crippen LogP contribution in [0.2, 0.25) is 0 Å². The number of piperazine rings is 1. The Kier molecular flexibility index (Phi) is 4.35. The van der Waals surface area contributed by atoms with Crippen LogP contribution >= 0.6 is 0 Å². The summed E-state index contributed by atoms with van der Waals surface area (Å²) >= 11 is 0. The van der Waals surface area contributed by atoms with Gasteiger partial charge < -0.3 is 10.1 Å². The van der Waals surface area contributed by atoms with Crippen LogP contribution in [0.5, 0.6) is 0 Å². The van der Waals surface area contributed by atoms with Gasteiger partial charge in [0.2, 0.25) is 0 Å². The lowest BCUT2D eigenvalue weighted by molar-refractivity contribution is -0.147. The number of nitrogens with zero attached hydrogens (tertiary/aromatic N) is 1. The summed E-state index contributed by atoms with van der Waals surface area (Å²) in [6, 6.07) is 0.395. The average molecular weight is 200 g/mol. The largest absolute Gasteiger partial charge is 0.468 e. The summed E-state index contributed by atoms with van der Waals surface area (Å²) in [6.07, 6.45) is 0.819. The molecule has 0 radical (unpaired) electrons. The van der Waals surface area contributed by atoms with E-state index >= 15 is 0 Å². The van der Waals surface area contributed by atoms with Crippen molar-refractivity contribution in [3.63, 3.8) is 0 Å². The average Bonchev–Trinajstić information content (AvgIpc) is 2.19. The monoisotopic (exact) mass is 200 g/mol. The predicted octanol–water partition coefficient (Wildman–Crippen LogP) is 0.232. The van der Waals surface area contributed by atoms with E-state index in [0.29, 0.717) is 6.04 Å². The Morgan fingerprint density at radius 3 is 2.93 bits per heavy atom. The van der Waals surface area contributed by atoms with Crippen LogP contribution < -0.4 is 5.32 Å². The molecule has 4 heteroatoms. The highest BCUT2D eigenvalue weighted by Crippen LogP contribution is 2.09. The van der Waals surface area contributed by atoms with Crippen LogP contribution in [0.25, 0.3) is 0 Å². The van der Waals surface area contributed by atoms with Gasteiger partial charge in [0.05, 0.1) is 7.11 Å². The minimum absolute atomic E-state index is 0.0652. The lowest BCUT2D eigenvalue weighted by Crippen LogP contribution is -2.54. The first kappa shape index (κ1) is 11.5. The molecule has 1 N–H and O–H groups in total. The Morgan fingerprint density at radius 1 is 1.71 bits per heavy atom. The fourth-order valence-corrected chi connectivity index (χ4v) is 1.96. The van der Waals surface area contributed by atoms with Crippen molar-refractivity contribution in [3.8, 4) is 0 Å². The topological polar surface area (TPSA) is 41.6 Å². The summed E-state index contributed by atoms with van der Waals surface area (Å²) in [5.74, 6) is -0.110. The SMILES string of the molecule is CCC(C(=O)OC)N1CCN[C@H](C)C1. The Hall–Kier alpha value is -0.610. The molecule has 0 saturated carbocycles. The molecule has 14 heavy (non-hydrogen) atoms. The third-order valence-electron chi connectivity index (χ3n) is 2.70. The summed E-state index contributed by atoms with van der Waals surface area (Å²) in [6.45, 7) is 6.96. The first-order valence-electron chi connectivity index (χ1n) is 5.24.